The van der Waals surface area contributed by atoms with Crippen LogP contribution >= 0.6 is 0 Å². The van der Waals surface area contributed by atoms with Crippen LogP contribution in [-0.2, 0) is 0 Å². The van der Waals surface area contributed by atoms with Crippen molar-refractivity contribution in [2.24, 2.45) is 5.92 Å². The molecule has 5 nitrogen and oxygen atoms in total. The average Bonchev–Trinajstić information content (AvgIpc) is 2.39. The van der Waals surface area contributed by atoms with Crippen molar-refractivity contribution in [2.45, 2.75) is 19.3 Å². The van der Waals surface area contributed by atoms with Crippen molar-refractivity contribution in [3.05, 3.63) is 34.4 Å². The van der Waals surface area contributed by atoms with Crippen molar-refractivity contribution in [1.29, 1.82) is 0 Å². The number of anilines is 1. The van der Waals surface area contributed by atoms with Crippen molar-refractivity contribution in [2.75, 3.05) is 24.6 Å². The van der Waals surface area contributed by atoms with Gasteiger partial charge in [-0.25, -0.2) is 0 Å². The first-order valence-corrected chi connectivity index (χ1v) is 6.31. The second-order valence-corrected chi connectivity index (χ2v) is 4.71. The quantitative estimate of drug-likeness (QED) is 0.657. The first-order valence-electron chi connectivity index (χ1n) is 6.31. The van der Waals surface area contributed by atoms with E-state index >= 15 is 0 Å². The number of hydrogen-bond donors (Lipinski definition) is 1. The number of nitrogens with zero attached hydrogens (tertiary/aromatic N) is 2. The molecule has 1 atom stereocenters. The summed E-state index contributed by atoms with van der Waals surface area (Å²) in [5, 5.41) is 20.0. The predicted molar refractivity (Wildman–Crippen MR) is 69.7 cm³/mol. The van der Waals surface area contributed by atoms with E-state index in [-0.39, 0.29) is 17.2 Å². The zero-order valence-electron chi connectivity index (χ0n) is 10.3. The monoisotopic (exact) mass is 250 g/mol. The normalized spacial score (nSPS) is 19.8. The van der Waals surface area contributed by atoms with Gasteiger partial charge in [-0.2, -0.15) is 0 Å². The number of piperidine rings is 1. The van der Waals surface area contributed by atoms with Crippen molar-refractivity contribution >= 4 is 11.4 Å². The number of aliphatic hydroxyl groups excluding tert-OH is 1. The SMILES string of the molecule is O=[N+]([O-])c1ccccc1N1CCCC(CCO)C1. The molecule has 1 N–H and O–H groups in total. The highest BCUT2D eigenvalue weighted by atomic mass is 16.6. The molecule has 1 aliphatic rings. The molecule has 1 aromatic rings. The van der Waals surface area contributed by atoms with Gasteiger partial charge in [0.15, 0.2) is 0 Å². The molecule has 1 fully saturated rings. The molecular weight excluding hydrogens is 232 g/mol. The highest BCUT2D eigenvalue weighted by Crippen LogP contribution is 2.31. The molecule has 0 radical (unpaired) electrons. The minimum atomic E-state index is -0.328. The first-order chi connectivity index (χ1) is 8.72. The summed E-state index contributed by atoms with van der Waals surface area (Å²) < 4.78 is 0. The lowest BCUT2D eigenvalue weighted by Crippen LogP contribution is -2.36. The highest BCUT2D eigenvalue weighted by molar-refractivity contribution is 5.63. The molecule has 1 aromatic carbocycles. The van der Waals surface area contributed by atoms with Gasteiger partial charge in [-0.15, -0.1) is 0 Å². The fourth-order valence-corrected chi connectivity index (χ4v) is 2.59. The second-order valence-electron chi connectivity index (χ2n) is 4.71. The zero-order valence-corrected chi connectivity index (χ0v) is 10.3. The smallest absolute Gasteiger partial charge is 0.292 e. The second kappa shape index (κ2) is 5.82. The Labute approximate surface area is 106 Å². The van der Waals surface area contributed by atoms with Crippen LogP contribution in [0.15, 0.2) is 24.3 Å². The van der Waals surface area contributed by atoms with E-state index in [1.165, 1.54) is 0 Å². The molecule has 0 spiro atoms. The van der Waals surface area contributed by atoms with E-state index in [1.807, 2.05) is 6.07 Å². The predicted octanol–water partition coefficient (Wildman–Crippen LogP) is 2.19. The highest BCUT2D eigenvalue weighted by Gasteiger charge is 2.24. The van der Waals surface area contributed by atoms with E-state index in [1.54, 1.807) is 18.2 Å². The van der Waals surface area contributed by atoms with Crippen molar-refractivity contribution in [3.8, 4) is 0 Å². The Morgan fingerprint density at radius 2 is 2.22 bits per heavy atom. The summed E-state index contributed by atoms with van der Waals surface area (Å²) >= 11 is 0. The molecule has 1 saturated heterocycles. The van der Waals surface area contributed by atoms with Gasteiger partial charge in [0.25, 0.3) is 5.69 Å². The lowest BCUT2D eigenvalue weighted by molar-refractivity contribution is -0.384. The summed E-state index contributed by atoms with van der Waals surface area (Å²) in [5.74, 6) is 0.434. The maximum absolute atomic E-state index is 11.0. The molecule has 1 heterocycles. The van der Waals surface area contributed by atoms with Gasteiger partial charge in [0.1, 0.15) is 5.69 Å². The molecule has 1 unspecified atom stereocenters. The molecule has 2 rings (SSSR count). The molecule has 18 heavy (non-hydrogen) atoms. The Morgan fingerprint density at radius 1 is 1.44 bits per heavy atom. The Balaban J connectivity index is 2.18. The van der Waals surface area contributed by atoms with Crippen LogP contribution in [0.4, 0.5) is 11.4 Å². The molecule has 0 aromatic heterocycles. The van der Waals surface area contributed by atoms with Crippen LogP contribution in [0.1, 0.15) is 19.3 Å². The summed E-state index contributed by atoms with van der Waals surface area (Å²) in [6.45, 7) is 1.84. The van der Waals surface area contributed by atoms with Crippen LogP contribution in [0, 0.1) is 16.0 Å². The third kappa shape index (κ3) is 2.79. The van der Waals surface area contributed by atoms with E-state index in [9.17, 15) is 10.1 Å². The fraction of sp³-hybridized carbons (Fsp3) is 0.538. The molecule has 0 saturated carbocycles. The average molecular weight is 250 g/mol. The Bertz CT molecular complexity index is 420. The van der Waals surface area contributed by atoms with Crippen molar-refractivity contribution in [1.82, 2.24) is 0 Å². The molecule has 98 valence electrons. The Morgan fingerprint density at radius 3 is 2.94 bits per heavy atom. The third-order valence-corrected chi connectivity index (χ3v) is 3.48. The summed E-state index contributed by atoms with van der Waals surface area (Å²) in [7, 11) is 0. The Kier molecular flexibility index (Phi) is 4.15. The number of nitro groups is 1. The summed E-state index contributed by atoms with van der Waals surface area (Å²) in [4.78, 5) is 12.8. The molecule has 0 aliphatic carbocycles. The lowest BCUT2D eigenvalue weighted by atomic mass is 9.94. The minimum absolute atomic E-state index is 0.169. The number of hydrogen-bond acceptors (Lipinski definition) is 4. The number of aliphatic hydroxyl groups is 1. The van der Waals surface area contributed by atoms with Crippen molar-refractivity contribution < 1.29 is 10.0 Å². The van der Waals surface area contributed by atoms with E-state index < -0.39 is 0 Å². The molecule has 5 heteroatoms. The molecule has 1 aliphatic heterocycles. The number of para-hydroxylation sites is 2. The van der Waals surface area contributed by atoms with Crippen LogP contribution in [-0.4, -0.2) is 29.7 Å². The standard InChI is InChI=1S/C13H18N2O3/c16-9-7-11-4-3-8-14(10-11)12-5-1-2-6-13(12)15(17)18/h1-2,5-6,11,16H,3-4,7-10H2. The van der Waals surface area contributed by atoms with Crippen LogP contribution in [0.2, 0.25) is 0 Å². The van der Waals surface area contributed by atoms with Gasteiger partial charge in [0.05, 0.1) is 4.92 Å². The van der Waals surface area contributed by atoms with Crippen LogP contribution in [0.5, 0.6) is 0 Å². The van der Waals surface area contributed by atoms with E-state index in [2.05, 4.69) is 4.90 Å². The molecule has 0 amide bonds. The third-order valence-electron chi connectivity index (χ3n) is 3.48. The van der Waals surface area contributed by atoms with Gasteiger partial charge >= 0.3 is 0 Å². The Hall–Kier alpha value is -1.62. The van der Waals surface area contributed by atoms with Crippen molar-refractivity contribution in [3.63, 3.8) is 0 Å². The zero-order chi connectivity index (χ0) is 13.0. The van der Waals surface area contributed by atoms with Gasteiger partial charge in [0, 0.05) is 25.8 Å². The van der Waals surface area contributed by atoms with Gasteiger partial charge in [-0.3, -0.25) is 10.1 Å². The largest absolute Gasteiger partial charge is 0.396 e. The van der Waals surface area contributed by atoms with E-state index in [0.717, 1.165) is 32.4 Å². The topological polar surface area (TPSA) is 66.6 Å². The number of nitro benzene ring substituents is 1. The summed E-state index contributed by atoms with van der Waals surface area (Å²) in [6, 6.07) is 6.87. The van der Waals surface area contributed by atoms with E-state index in [0.29, 0.717) is 11.6 Å². The summed E-state index contributed by atoms with van der Waals surface area (Å²) in [6.07, 6.45) is 2.89. The number of benzene rings is 1. The van der Waals surface area contributed by atoms with Crippen LogP contribution < -0.4 is 4.90 Å². The molecule has 0 bridgehead atoms. The first kappa shape index (κ1) is 12.8. The molecular formula is C13H18N2O3. The van der Waals surface area contributed by atoms with Gasteiger partial charge in [-0.05, 0) is 31.2 Å². The maximum atomic E-state index is 11.0. The van der Waals surface area contributed by atoms with Gasteiger partial charge in [-0.1, -0.05) is 12.1 Å². The minimum Gasteiger partial charge on any atom is -0.396 e. The number of rotatable bonds is 4. The maximum Gasteiger partial charge on any atom is 0.292 e. The van der Waals surface area contributed by atoms with Crippen LogP contribution in [0.3, 0.4) is 0 Å². The lowest BCUT2D eigenvalue weighted by Gasteiger charge is -2.33. The summed E-state index contributed by atoms with van der Waals surface area (Å²) in [5.41, 5.74) is 0.868. The van der Waals surface area contributed by atoms with E-state index in [4.69, 9.17) is 5.11 Å². The van der Waals surface area contributed by atoms with Gasteiger partial charge < -0.3 is 10.0 Å². The van der Waals surface area contributed by atoms with Crippen LogP contribution in [0.25, 0.3) is 0 Å². The fourth-order valence-electron chi connectivity index (χ4n) is 2.59. The van der Waals surface area contributed by atoms with Gasteiger partial charge in [0.2, 0.25) is 0 Å².